The fraction of sp³-hybridized carbons (Fsp3) is 0.462. The van der Waals surface area contributed by atoms with Gasteiger partial charge >= 0.3 is 6.18 Å². The van der Waals surface area contributed by atoms with Crippen LogP contribution in [0.5, 0.6) is 0 Å². The van der Waals surface area contributed by atoms with Gasteiger partial charge in [-0.1, -0.05) is 26.0 Å². The van der Waals surface area contributed by atoms with Crippen LogP contribution >= 0.6 is 0 Å². The molecule has 0 amide bonds. The number of nitrogens with zero attached hydrogens (tertiary/aromatic N) is 1. The molecule has 18 heavy (non-hydrogen) atoms. The van der Waals surface area contributed by atoms with Gasteiger partial charge in [-0.2, -0.15) is 13.2 Å². The summed E-state index contributed by atoms with van der Waals surface area (Å²) in [5.74, 6) is 0.865. The quantitative estimate of drug-likeness (QED) is 0.789. The number of halogens is 3. The van der Waals surface area contributed by atoms with E-state index in [1.54, 1.807) is 0 Å². The van der Waals surface area contributed by atoms with Crippen molar-refractivity contribution in [2.24, 2.45) is 10.9 Å². The van der Waals surface area contributed by atoms with Crippen LogP contribution < -0.4 is 0 Å². The summed E-state index contributed by atoms with van der Waals surface area (Å²) >= 11 is 0. The number of rotatable bonds is 2. The summed E-state index contributed by atoms with van der Waals surface area (Å²) in [5, 5.41) is 0. The predicted octanol–water partition coefficient (Wildman–Crippen LogP) is 3.83. The lowest BCUT2D eigenvalue weighted by molar-refractivity contribution is -0.137. The Bertz CT molecular complexity index is 448. The van der Waals surface area contributed by atoms with Crippen molar-refractivity contribution in [1.82, 2.24) is 0 Å². The summed E-state index contributed by atoms with van der Waals surface area (Å²) < 4.78 is 42.6. The van der Waals surface area contributed by atoms with Crippen molar-refractivity contribution in [2.45, 2.75) is 26.1 Å². The number of aliphatic imine (C=N–C) groups is 1. The molecule has 1 aromatic rings. The van der Waals surface area contributed by atoms with E-state index in [4.69, 9.17) is 4.74 Å². The van der Waals surface area contributed by atoms with Gasteiger partial charge in [-0.3, -0.25) is 0 Å². The first-order chi connectivity index (χ1) is 8.38. The van der Waals surface area contributed by atoms with E-state index in [9.17, 15) is 13.2 Å². The Morgan fingerprint density at radius 1 is 1.22 bits per heavy atom. The fourth-order valence-electron chi connectivity index (χ4n) is 1.77. The van der Waals surface area contributed by atoms with Crippen LogP contribution in [0.2, 0.25) is 0 Å². The molecule has 1 aliphatic rings. The minimum absolute atomic E-state index is 0.190. The highest BCUT2D eigenvalue weighted by Crippen LogP contribution is 2.31. The first kappa shape index (κ1) is 12.9. The van der Waals surface area contributed by atoms with Crippen molar-refractivity contribution < 1.29 is 17.9 Å². The summed E-state index contributed by atoms with van der Waals surface area (Å²) in [7, 11) is 0. The van der Waals surface area contributed by atoms with Gasteiger partial charge in [-0.25, -0.2) is 4.99 Å². The van der Waals surface area contributed by atoms with E-state index in [1.807, 2.05) is 13.8 Å². The second-order valence-electron chi connectivity index (χ2n) is 4.57. The van der Waals surface area contributed by atoms with Crippen LogP contribution in [-0.2, 0) is 10.9 Å². The molecule has 1 atom stereocenters. The first-order valence-corrected chi connectivity index (χ1v) is 5.75. The summed E-state index contributed by atoms with van der Waals surface area (Å²) in [6.07, 6.45) is -4.29. The monoisotopic (exact) mass is 257 g/mol. The second-order valence-corrected chi connectivity index (χ2v) is 4.57. The predicted molar refractivity (Wildman–Crippen MR) is 62.4 cm³/mol. The molecule has 1 aromatic carbocycles. The van der Waals surface area contributed by atoms with Crippen molar-refractivity contribution in [1.29, 1.82) is 0 Å². The molecule has 0 N–H and O–H groups in total. The van der Waals surface area contributed by atoms with Gasteiger partial charge in [0.05, 0.1) is 5.56 Å². The molecular formula is C13H14F3NO. The lowest BCUT2D eigenvalue weighted by atomic mass is 10.1. The van der Waals surface area contributed by atoms with Crippen molar-refractivity contribution in [3.05, 3.63) is 35.4 Å². The zero-order valence-corrected chi connectivity index (χ0v) is 10.2. The third-order valence-corrected chi connectivity index (χ3v) is 2.79. The SMILES string of the molecule is CC(C)C1=NC(c2ccc(C(F)(F)F)cc2)CO1. The standard InChI is InChI=1S/C13H14F3NO/c1-8(2)12-17-11(7-18-12)9-3-5-10(6-4-9)13(14,15)16/h3-6,8,11H,7H2,1-2H3. The van der Waals surface area contributed by atoms with E-state index in [1.165, 1.54) is 12.1 Å². The fourth-order valence-corrected chi connectivity index (χ4v) is 1.77. The van der Waals surface area contributed by atoms with Gasteiger partial charge in [0.15, 0.2) is 5.90 Å². The van der Waals surface area contributed by atoms with Crippen molar-refractivity contribution in [3.8, 4) is 0 Å². The average Bonchev–Trinajstić information content (AvgIpc) is 2.77. The van der Waals surface area contributed by atoms with E-state index in [2.05, 4.69) is 4.99 Å². The first-order valence-electron chi connectivity index (χ1n) is 5.75. The Kier molecular flexibility index (Phi) is 3.32. The number of benzene rings is 1. The zero-order valence-electron chi connectivity index (χ0n) is 10.2. The number of hydrogen-bond donors (Lipinski definition) is 0. The molecule has 1 unspecified atom stereocenters. The Morgan fingerprint density at radius 3 is 2.28 bits per heavy atom. The molecule has 98 valence electrons. The van der Waals surface area contributed by atoms with Gasteiger partial charge < -0.3 is 4.74 Å². The summed E-state index contributed by atoms with van der Waals surface area (Å²) in [5.41, 5.74) is 0.108. The van der Waals surface area contributed by atoms with Crippen LogP contribution in [0.25, 0.3) is 0 Å². The minimum Gasteiger partial charge on any atom is -0.478 e. The van der Waals surface area contributed by atoms with E-state index in [0.29, 0.717) is 12.5 Å². The van der Waals surface area contributed by atoms with Crippen LogP contribution in [0.3, 0.4) is 0 Å². The van der Waals surface area contributed by atoms with Crippen LogP contribution in [0, 0.1) is 5.92 Å². The third kappa shape index (κ3) is 2.66. The van der Waals surface area contributed by atoms with Crippen LogP contribution in [0.15, 0.2) is 29.3 Å². The topological polar surface area (TPSA) is 21.6 Å². The Hall–Kier alpha value is -1.52. The molecule has 0 bridgehead atoms. The van der Waals surface area contributed by atoms with Gasteiger partial charge in [0.1, 0.15) is 12.6 Å². The number of hydrogen-bond acceptors (Lipinski definition) is 2. The van der Waals surface area contributed by atoms with Gasteiger partial charge in [-0.15, -0.1) is 0 Å². The summed E-state index contributed by atoms with van der Waals surface area (Å²) in [6, 6.07) is 4.90. The van der Waals surface area contributed by atoms with Gasteiger partial charge in [0.25, 0.3) is 0 Å². The molecule has 0 fully saturated rings. The molecule has 2 nitrogen and oxygen atoms in total. The van der Waals surface area contributed by atoms with Crippen LogP contribution in [-0.4, -0.2) is 12.5 Å². The molecular weight excluding hydrogens is 243 g/mol. The minimum atomic E-state index is -4.29. The van der Waals surface area contributed by atoms with E-state index in [-0.39, 0.29) is 12.0 Å². The van der Waals surface area contributed by atoms with Crippen molar-refractivity contribution >= 4 is 5.90 Å². The molecule has 1 heterocycles. The Labute approximate surface area is 103 Å². The van der Waals surface area contributed by atoms with Crippen molar-refractivity contribution in [3.63, 3.8) is 0 Å². The van der Waals surface area contributed by atoms with Crippen molar-refractivity contribution in [2.75, 3.05) is 6.61 Å². The van der Waals surface area contributed by atoms with Gasteiger partial charge in [0.2, 0.25) is 0 Å². The number of ether oxygens (including phenoxy) is 1. The molecule has 0 saturated carbocycles. The molecule has 0 aliphatic carbocycles. The zero-order chi connectivity index (χ0) is 13.3. The molecule has 0 spiro atoms. The highest BCUT2D eigenvalue weighted by molar-refractivity contribution is 5.79. The highest BCUT2D eigenvalue weighted by atomic mass is 19.4. The molecule has 2 rings (SSSR count). The average molecular weight is 257 g/mol. The maximum absolute atomic E-state index is 12.4. The second kappa shape index (κ2) is 4.63. The van der Waals surface area contributed by atoms with Gasteiger partial charge in [0, 0.05) is 5.92 Å². The molecule has 1 aliphatic heterocycles. The largest absolute Gasteiger partial charge is 0.478 e. The third-order valence-electron chi connectivity index (χ3n) is 2.79. The van der Waals surface area contributed by atoms with E-state index < -0.39 is 11.7 Å². The molecule has 0 aromatic heterocycles. The van der Waals surface area contributed by atoms with E-state index in [0.717, 1.165) is 17.7 Å². The summed E-state index contributed by atoms with van der Waals surface area (Å²) in [6.45, 7) is 4.33. The van der Waals surface area contributed by atoms with Crippen LogP contribution in [0.4, 0.5) is 13.2 Å². The smallest absolute Gasteiger partial charge is 0.416 e. The Balaban J connectivity index is 2.17. The molecule has 5 heteroatoms. The van der Waals surface area contributed by atoms with Gasteiger partial charge in [-0.05, 0) is 17.7 Å². The maximum atomic E-state index is 12.4. The van der Waals surface area contributed by atoms with Crippen LogP contribution in [0.1, 0.15) is 31.0 Å². The normalized spacial score (nSPS) is 19.9. The molecule has 0 radical (unpaired) electrons. The summed E-state index contributed by atoms with van der Waals surface area (Å²) in [4.78, 5) is 4.36. The van der Waals surface area contributed by atoms with E-state index >= 15 is 0 Å². The Morgan fingerprint density at radius 2 is 1.83 bits per heavy atom. The maximum Gasteiger partial charge on any atom is 0.416 e. The number of alkyl halides is 3. The lowest BCUT2D eigenvalue weighted by Crippen LogP contribution is -2.06. The lowest BCUT2D eigenvalue weighted by Gasteiger charge is -2.09. The highest BCUT2D eigenvalue weighted by Gasteiger charge is 2.30. The molecule has 0 saturated heterocycles.